The number of methoxy groups -OCH3 is 1. The molecule has 2 aromatic rings. The number of hydrogen-bond acceptors (Lipinski definition) is 4. The van der Waals surface area contributed by atoms with Crippen molar-refractivity contribution in [2.75, 3.05) is 69.8 Å². The third kappa shape index (κ3) is 5.96. The molecule has 2 aliphatic rings. The second kappa shape index (κ2) is 11.5. The van der Waals surface area contributed by atoms with E-state index in [1.54, 1.807) is 7.11 Å². The number of rotatable bonds is 5. The Labute approximate surface area is 203 Å². The van der Waals surface area contributed by atoms with Crippen LogP contribution in [-0.2, 0) is 0 Å². The molecule has 0 bridgehead atoms. The van der Waals surface area contributed by atoms with E-state index in [0.717, 1.165) is 57.5 Å². The fraction of sp³-hybridized carbons (Fsp3) is 0.458. The predicted molar refractivity (Wildman–Crippen MR) is 140 cm³/mol. The molecule has 2 fully saturated rings. The van der Waals surface area contributed by atoms with E-state index in [1.807, 2.05) is 13.1 Å². The summed E-state index contributed by atoms with van der Waals surface area (Å²) in [6.07, 6.45) is 1.22. The summed E-state index contributed by atoms with van der Waals surface area (Å²) < 4.78 is 5.37. The van der Waals surface area contributed by atoms with Gasteiger partial charge in [-0.15, -0.1) is 24.0 Å². The number of piperazine rings is 1. The summed E-state index contributed by atoms with van der Waals surface area (Å²) in [5.74, 6) is 2.59. The van der Waals surface area contributed by atoms with Crippen molar-refractivity contribution in [3.05, 3.63) is 54.6 Å². The maximum absolute atomic E-state index is 5.37. The monoisotopic (exact) mass is 535 g/mol. The first-order chi connectivity index (χ1) is 14.8. The summed E-state index contributed by atoms with van der Waals surface area (Å²) in [4.78, 5) is 11.8. The highest BCUT2D eigenvalue weighted by atomic mass is 127. The molecule has 31 heavy (non-hydrogen) atoms. The number of halogens is 1. The minimum atomic E-state index is 0. The summed E-state index contributed by atoms with van der Waals surface area (Å²) in [5, 5.41) is 3.64. The number of aliphatic imine (C=N–C) groups is 1. The lowest BCUT2D eigenvalue weighted by molar-refractivity contribution is 0.368. The zero-order valence-electron chi connectivity index (χ0n) is 18.5. The standard InChI is InChI=1S/C24H33N5O.HI/c1-25-24(26-18-20-11-12-29(19-20)21-7-4-3-5-8-21)28-15-13-27(14-16-28)22-9-6-10-23(17-22)30-2;/h3-10,17,20H,11-16,18-19H2,1-2H3,(H,25,26);1H. The van der Waals surface area contributed by atoms with Crippen molar-refractivity contribution in [2.45, 2.75) is 6.42 Å². The van der Waals surface area contributed by atoms with Gasteiger partial charge in [-0.05, 0) is 36.6 Å². The van der Waals surface area contributed by atoms with Crippen molar-refractivity contribution < 1.29 is 4.74 Å². The Morgan fingerprint density at radius 1 is 0.968 bits per heavy atom. The zero-order valence-corrected chi connectivity index (χ0v) is 20.9. The average molecular weight is 535 g/mol. The quantitative estimate of drug-likeness (QED) is 0.361. The fourth-order valence-electron chi connectivity index (χ4n) is 4.42. The molecular weight excluding hydrogens is 501 g/mol. The molecule has 1 atom stereocenters. The maximum Gasteiger partial charge on any atom is 0.193 e. The molecule has 2 saturated heterocycles. The van der Waals surface area contributed by atoms with Crippen molar-refractivity contribution in [1.82, 2.24) is 10.2 Å². The van der Waals surface area contributed by atoms with Gasteiger partial charge >= 0.3 is 0 Å². The molecule has 0 aromatic heterocycles. The summed E-state index contributed by atoms with van der Waals surface area (Å²) >= 11 is 0. The van der Waals surface area contributed by atoms with Gasteiger partial charge in [0.05, 0.1) is 7.11 Å². The molecule has 0 amide bonds. The van der Waals surface area contributed by atoms with Crippen LogP contribution in [0, 0.1) is 5.92 Å². The maximum atomic E-state index is 5.37. The molecule has 2 heterocycles. The minimum absolute atomic E-state index is 0. The molecule has 0 saturated carbocycles. The molecule has 2 aromatic carbocycles. The van der Waals surface area contributed by atoms with Crippen LogP contribution in [0.25, 0.3) is 0 Å². The van der Waals surface area contributed by atoms with E-state index < -0.39 is 0 Å². The summed E-state index contributed by atoms with van der Waals surface area (Å²) in [6, 6.07) is 19.0. The molecule has 2 aliphatic heterocycles. The number of ether oxygens (including phenoxy) is 1. The van der Waals surface area contributed by atoms with Crippen molar-refractivity contribution >= 4 is 41.3 Å². The minimum Gasteiger partial charge on any atom is -0.497 e. The molecule has 6 nitrogen and oxygen atoms in total. The normalized spacial score (nSPS) is 19.2. The molecule has 1 unspecified atom stereocenters. The Balaban J connectivity index is 0.00000272. The van der Waals surface area contributed by atoms with E-state index in [9.17, 15) is 0 Å². The van der Waals surface area contributed by atoms with Crippen molar-refractivity contribution in [3.8, 4) is 5.75 Å². The molecule has 0 spiro atoms. The number of para-hydroxylation sites is 1. The van der Waals surface area contributed by atoms with Crippen LogP contribution in [0.1, 0.15) is 6.42 Å². The van der Waals surface area contributed by atoms with Gasteiger partial charge in [0, 0.05) is 70.3 Å². The summed E-state index contributed by atoms with van der Waals surface area (Å²) in [7, 11) is 3.61. The largest absolute Gasteiger partial charge is 0.497 e. The first-order valence-electron chi connectivity index (χ1n) is 10.9. The smallest absolute Gasteiger partial charge is 0.193 e. The van der Waals surface area contributed by atoms with Crippen LogP contribution in [0.4, 0.5) is 11.4 Å². The molecule has 7 heteroatoms. The lowest BCUT2D eigenvalue weighted by Crippen LogP contribution is -2.53. The highest BCUT2D eigenvalue weighted by Gasteiger charge is 2.24. The zero-order chi connectivity index (χ0) is 20.8. The molecule has 168 valence electrons. The third-order valence-electron chi connectivity index (χ3n) is 6.17. The lowest BCUT2D eigenvalue weighted by atomic mass is 10.1. The Bertz CT molecular complexity index is 839. The number of anilines is 2. The fourth-order valence-corrected chi connectivity index (χ4v) is 4.42. The highest BCUT2D eigenvalue weighted by molar-refractivity contribution is 14.0. The summed E-state index contributed by atoms with van der Waals surface area (Å²) in [6.45, 7) is 7.13. The van der Waals surface area contributed by atoms with Gasteiger partial charge in [-0.1, -0.05) is 24.3 Å². The van der Waals surface area contributed by atoms with E-state index in [2.05, 4.69) is 73.5 Å². The van der Waals surface area contributed by atoms with Crippen LogP contribution >= 0.6 is 24.0 Å². The average Bonchev–Trinajstić information content (AvgIpc) is 3.30. The van der Waals surface area contributed by atoms with Gasteiger partial charge in [-0.25, -0.2) is 0 Å². The topological polar surface area (TPSA) is 43.3 Å². The molecular formula is C24H34IN5O. The molecule has 1 N–H and O–H groups in total. The van der Waals surface area contributed by atoms with Crippen molar-refractivity contribution in [2.24, 2.45) is 10.9 Å². The van der Waals surface area contributed by atoms with E-state index >= 15 is 0 Å². The van der Waals surface area contributed by atoms with Gasteiger partial charge < -0.3 is 24.8 Å². The van der Waals surface area contributed by atoms with Gasteiger partial charge in [-0.2, -0.15) is 0 Å². The number of benzene rings is 2. The van der Waals surface area contributed by atoms with Gasteiger partial charge in [0.2, 0.25) is 0 Å². The molecule has 4 rings (SSSR count). The Morgan fingerprint density at radius 3 is 2.42 bits per heavy atom. The number of nitrogens with one attached hydrogen (secondary N) is 1. The molecule has 0 radical (unpaired) electrons. The van der Waals surface area contributed by atoms with Gasteiger partial charge in [0.1, 0.15) is 5.75 Å². The number of nitrogens with zero attached hydrogens (tertiary/aromatic N) is 4. The van der Waals surface area contributed by atoms with Gasteiger partial charge in [-0.3, -0.25) is 4.99 Å². The van der Waals surface area contributed by atoms with Crippen molar-refractivity contribution in [1.29, 1.82) is 0 Å². The van der Waals surface area contributed by atoms with Crippen LogP contribution in [0.5, 0.6) is 5.75 Å². The van der Waals surface area contributed by atoms with Crippen molar-refractivity contribution in [3.63, 3.8) is 0 Å². The predicted octanol–water partition coefficient (Wildman–Crippen LogP) is 3.54. The van der Waals surface area contributed by atoms with Crippen LogP contribution in [0.2, 0.25) is 0 Å². The Hall–Kier alpha value is -2.16. The second-order valence-electron chi connectivity index (χ2n) is 8.04. The second-order valence-corrected chi connectivity index (χ2v) is 8.04. The Kier molecular flexibility index (Phi) is 8.69. The highest BCUT2D eigenvalue weighted by Crippen LogP contribution is 2.24. The first kappa shape index (κ1) is 23.5. The van der Waals surface area contributed by atoms with Crippen LogP contribution < -0.4 is 19.9 Å². The number of guanidine groups is 1. The molecule has 0 aliphatic carbocycles. The lowest BCUT2D eigenvalue weighted by Gasteiger charge is -2.38. The SMILES string of the molecule is CN=C(NCC1CCN(c2ccccc2)C1)N1CCN(c2cccc(OC)c2)CC1.I. The Morgan fingerprint density at radius 2 is 1.71 bits per heavy atom. The van der Waals surface area contributed by atoms with Gasteiger partial charge in [0.25, 0.3) is 0 Å². The van der Waals surface area contributed by atoms with Gasteiger partial charge in [0.15, 0.2) is 5.96 Å². The van der Waals surface area contributed by atoms with E-state index in [1.165, 1.54) is 17.8 Å². The summed E-state index contributed by atoms with van der Waals surface area (Å²) in [5.41, 5.74) is 2.56. The van der Waals surface area contributed by atoms with E-state index in [-0.39, 0.29) is 24.0 Å². The van der Waals surface area contributed by atoms with Crippen LogP contribution in [0.15, 0.2) is 59.6 Å². The van der Waals surface area contributed by atoms with E-state index in [0.29, 0.717) is 5.92 Å². The number of hydrogen-bond donors (Lipinski definition) is 1. The third-order valence-corrected chi connectivity index (χ3v) is 6.17. The first-order valence-corrected chi connectivity index (χ1v) is 10.9. The van der Waals surface area contributed by atoms with Crippen LogP contribution in [-0.4, -0.2) is 70.8 Å². The van der Waals surface area contributed by atoms with E-state index in [4.69, 9.17) is 4.74 Å². The van der Waals surface area contributed by atoms with Crippen LogP contribution in [0.3, 0.4) is 0 Å².